The van der Waals surface area contributed by atoms with E-state index in [2.05, 4.69) is 15.6 Å². The minimum atomic E-state index is -3.65. The largest absolute Gasteiger partial charge is 0.357 e. The van der Waals surface area contributed by atoms with E-state index in [9.17, 15) is 12.8 Å². The highest BCUT2D eigenvalue weighted by Crippen LogP contribution is 2.18. The number of hydrogen-bond acceptors (Lipinski definition) is 3. The number of benzene rings is 1. The lowest BCUT2D eigenvalue weighted by atomic mass is 10.3. The maximum Gasteiger partial charge on any atom is 0.191 e. The SMILES string of the molecule is CCNC(=NCCS(=O)(=O)c1ccccc1F)NC1CC1.I. The molecule has 5 nitrogen and oxygen atoms in total. The van der Waals surface area contributed by atoms with Crippen molar-refractivity contribution in [2.24, 2.45) is 4.99 Å². The van der Waals surface area contributed by atoms with Gasteiger partial charge in [0.2, 0.25) is 0 Å². The molecule has 0 heterocycles. The molecule has 0 amide bonds. The van der Waals surface area contributed by atoms with E-state index in [1.165, 1.54) is 18.2 Å². The Morgan fingerprint density at radius 1 is 1.36 bits per heavy atom. The molecule has 0 radical (unpaired) electrons. The molecule has 1 fully saturated rings. The Bertz CT molecular complexity index is 618. The number of nitrogens with one attached hydrogen (secondary N) is 2. The van der Waals surface area contributed by atoms with Crippen LogP contribution in [0.15, 0.2) is 34.2 Å². The van der Waals surface area contributed by atoms with Gasteiger partial charge < -0.3 is 10.6 Å². The van der Waals surface area contributed by atoms with Crippen molar-refractivity contribution in [3.63, 3.8) is 0 Å². The zero-order valence-electron chi connectivity index (χ0n) is 12.4. The van der Waals surface area contributed by atoms with Crippen LogP contribution in [0, 0.1) is 5.82 Å². The van der Waals surface area contributed by atoms with Crippen molar-refractivity contribution < 1.29 is 12.8 Å². The fourth-order valence-electron chi connectivity index (χ4n) is 1.83. The third-order valence-electron chi connectivity index (χ3n) is 3.06. The number of aliphatic imine (C=N–C) groups is 1. The van der Waals surface area contributed by atoms with Crippen molar-refractivity contribution in [1.29, 1.82) is 0 Å². The zero-order chi connectivity index (χ0) is 15.3. The van der Waals surface area contributed by atoms with Gasteiger partial charge in [0.1, 0.15) is 10.7 Å². The van der Waals surface area contributed by atoms with Crippen LogP contribution >= 0.6 is 24.0 Å². The van der Waals surface area contributed by atoms with Gasteiger partial charge in [-0.1, -0.05) is 12.1 Å². The molecule has 0 spiro atoms. The minimum absolute atomic E-state index is 0. The summed E-state index contributed by atoms with van der Waals surface area (Å²) < 4.78 is 37.7. The molecule has 124 valence electrons. The normalized spacial score (nSPS) is 15.1. The Labute approximate surface area is 147 Å². The third kappa shape index (κ3) is 5.71. The van der Waals surface area contributed by atoms with Crippen molar-refractivity contribution in [1.82, 2.24) is 10.6 Å². The molecule has 1 aromatic carbocycles. The number of nitrogens with zero attached hydrogens (tertiary/aromatic N) is 1. The van der Waals surface area contributed by atoms with Crippen LogP contribution in [0.5, 0.6) is 0 Å². The molecule has 8 heteroatoms. The summed E-state index contributed by atoms with van der Waals surface area (Å²) in [6.45, 7) is 2.75. The van der Waals surface area contributed by atoms with E-state index < -0.39 is 15.7 Å². The fraction of sp³-hybridized carbons (Fsp3) is 0.500. The van der Waals surface area contributed by atoms with Crippen molar-refractivity contribution in [3.8, 4) is 0 Å². The smallest absolute Gasteiger partial charge is 0.191 e. The van der Waals surface area contributed by atoms with Crippen molar-refractivity contribution in [3.05, 3.63) is 30.1 Å². The van der Waals surface area contributed by atoms with Gasteiger partial charge in [-0.05, 0) is 31.9 Å². The maximum absolute atomic E-state index is 13.5. The molecular formula is C14H21FIN3O2S. The molecule has 0 aromatic heterocycles. The average Bonchev–Trinajstić information content (AvgIpc) is 3.23. The van der Waals surface area contributed by atoms with Crippen LogP contribution in [0.1, 0.15) is 19.8 Å². The zero-order valence-corrected chi connectivity index (χ0v) is 15.5. The first-order valence-corrected chi connectivity index (χ1v) is 8.70. The molecule has 2 N–H and O–H groups in total. The fourth-order valence-corrected chi connectivity index (χ4v) is 3.03. The van der Waals surface area contributed by atoms with Crippen LogP contribution < -0.4 is 10.6 Å². The predicted octanol–water partition coefficient (Wildman–Crippen LogP) is 1.93. The highest BCUT2D eigenvalue weighted by molar-refractivity contribution is 14.0. The lowest BCUT2D eigenvalue weighted by Gasteiger charge is -2.10. The van der Waals surface area contributed by atoms with Crippen LogP contribution in [0.2, 0.25) is 0 Å². The minimum Gasteiger partial charge on any atom is -0.357 e. The molecular weight excluding hydrogens is 420 g/mol. The average molecular weight is 441 g/mol. The van der Waals surface area contributed by atoms with Crippen LogP contribution in [-0.4, -0.2) is 39.3 Å². The topological polar surface area (TPSA) is 70.6 Å². The Morgan fingerprint density at radius 3 is 2.64 bits per heavy atom. The van der Waals surface area contributed by atoms with Gasteiger partial charge in [-0.15, -0.1) is 24.0 Å². The highest BCUT2D eigenvalue weighted by Gasteiger charge is 2.22. The summed E-state index contributed by atoms with van der Waals surface area (Å²) in [5.74, 6) is -0.317. The second-order valence-electron chi connectivity index (χ2n) is 4.93. The molecule has 1 aromatic rings. The van der Waals surface area contributed by atoms with Gasteiger partial charge in [-0.3, -0.25) is 4.99 Å². The molecule has 0 bridgehead atoms. The van der Waals surface area contributed by atoms with E-state index in [1.807, 2.05) is 6.92 Å². The summed E-state index contributed by atoms with van der Waals surface area (Å²) in [5.41, 5.74) is 0. The second kappa shape index (κ2) is 8.66. The summed E-state index contributed by atoms with van der Waals surface area (Å²) in [6, 6.07) is 5.84. The summed E-state index contributed by atoms with van der Waals surface area (Å²) in [4.78, 5) is 3.96. The number of halogens is 2. The van der Waals surface area contributed by atoms with Crippen molar-refractivity contribution >= 4 is 39.8 Å². The number of sulfone groups is 1. The predicted molar refractivity (Wildman–Crippen MR) is 96.0 cm³/mol. The quantitative estimate of drug-likeness (QED) is 0.402. The van der Waals surface area contributed by atoms with Crippen LogP contribution in [-0.2, 0) is 9.84 Å². The van der Waals surface area contributed by atoms with Crippen LogP contribution in [0.3, 0.4) is 0 Å². The maximum atomic E-state index is 13.5. The molecule has 1 saturated carbocycles. The van der Waals surface area contributed by atoms with Gasteiger partial charge in [0.25, 0.3) is 0 Å². The van der Waals surface area contributed by atoms with Gasteiger partial charge in [-0.25, -0.2) is 12.8 Å². The Balaban J connectivity index is 0.00000242. The van der Waals surface area contributed by atoms with E-state index in [-0.39, 0.29) is 41.2 Å². The monoisotopic (exact) mass is 441 g/mol. The Hall–Kier alpha value is -0.900. The van der Waals surface area contributed by atoms with E-state index in [0.29, 0.717) is 18.5 Å². The van der Waals surface area contributed by atoms with Gasteiger partial charge in [0, 0.05) is 12.6 Å². The van der Waals surface area contributed by atoms with E-state index >= 15 is 0 Å². The van der Waals surface area contributed by atoms with E-state index in [4.69, 9.17) is 0 Å². The van der Waals surface area contributed by atoms with Gasteiger partial charge >= 0.3 is 0 Å². The lowest BCUT2D eigenvalue weighted by Crippen LogP contribution is -2.38. The molecule has 0 aliphatic heterocycles. The molecule has 0 saturated heterocycles. The lowest BCUT2D eigenvalue weighted by molar-refractivity contribution is 0.567. The number of rotatable bonds is 6. The van der Waals surface area contributed by atoms with E-state index in [0.717, 1.165) is 18.9 Å². The molecule has 2 rings (SSSR count). The Kier molecular flexibility index (Phi) is 7.54. The number of hydrogen-bond donors (Lipinski definition) is 2. The molecule has 0 unspecified atom stereocenters. The molecule has 0 atom stereocenters. The van der Waals surface area contributed by atoms with Crippen LogP contribution in [0.25, 0.3) is 0 Å². The summed E-state index contributed by atoms with van der Waals surface area (Å²) in [6.07, 6.45) is 2.22. The molecule has 1 aliphatic rings. The van der Waals surface area contributed by atoms with Crippen LogP contribution in [0.4, 0.5) is 4.39 Å². The first kappa shape index (κ1) is 19.1. The molecule has 1 aliphatic carbocycles. The van der Waals surface area contributed by atoms with Gasteiger partial charge in [0.05, 0.1) is 12.3 Å². The van der Waals surface area contributed by atoms with E-state index in [1.54, 1.807) is 0 Å². The summed E-state index contributed by atoms with van der Waals surface area (Å²) in [5, 5.41) is 6.26. The Morgan fingerprint density at radius 2 is 2.05 bits per heavy atom. The third-order valence-corrected chi connectivity index (χ3v) is 4.79. The second-order valence-corrected chi connectivity index (χ2v) is 7.01. The number of guanidine groups is 1. The summed E-state index contributed by atoms with van der Waals surface area (Å²) in [7, 11) is -3.65. The van der Waals surface area contributed by atoms with Gasteiger partial charge in [-0.2, -0.15) is 0 Å². The van der Waals surface area contributed by atoms with Gasteiger partial charge in [0.15, 0.2) is 15.8 Å². The first-order chi connectivity index (χ1) is 10.0. The molecule has 22 heavy (non-hydrogen) atoms. The highest BCUT2D eigenvalue weighted by atomic mass is 127. The summed E-state index contributed by atoms with van der Waals surface area (Å²) >= 11 is 0. The van der Waals surface area contributed by atoms with Crippen molar-refractivity contribution in [2.75, 3.05) is 18.8 Å². The van der Waals surface area contributed by atoms with Crippen molar-refractivity contribution in [2.45, 2.75) is 30.7 Å². The standard InChI is InChI=1S/C14H20FN3O2S.HI/c1-2-16-14(18-11-7-8-11)17-9-10-21(19,20)13-6-4-3-5-12(13)15;/h3-6,11H,2,7-10H2,1H3,(H2,16,17,18);1H. The first-order valence-electron chi connectivity index (χ1n) is 7.05.